The summed E-state index contributed by atoms with van der Waals surface area (Å²) in [4.78, 5) is 0. The van der Waals surface area contributed by atoms with Crippen LogP contribution in [-0.4, -0.2) is 37.7 Å². The minimum Gasteiger partial charge on any atom is -0.398 e. The topological polar surface area (TPSA) is 27.7 Å². The second-order valence-corrected chi connectivity index (χ2v) is 7.46. The van der Waals surface area contributed by atoms with Crippen molar-refractivity contribution in [2.75, 3.05) is 13.2 Å². The van der Waals surface area contributed by atoms with Gasteiger partial charge in [-0.3, -0.25) is 0 Å². The molecule has 1 fully saturated rings. The molecule has 0 N–H and O–H groups in total. The maximum Gasteiger partial charge on any atom is 0.525 e. The molecule has 1 aromatic rings. The van der Waals surface area contributed by atoms with E-state index in [1.165, 1.54) is 0 Å². The van der Waals surface area contributed by atoms with E-state index in [4.69, 9.17) is 9.31 Å². The Morgan fingerprint density at radius 1 is 1.04 bits per heavy atom. The summed E-state index contributed by atoms with van der Waals surface area (Å²) in [7, 11) is -1.43. The molecule has 1 aliphatic heterocycles. The van der Waals surface area contributed by atoms with E-state index < -0.39 is 55.1 Å². The van der Waals surface area contributed by atoms with E-state index in [0.717, 1.165) is 18.2 Å². The first-order chi connectivity index (χ1) is 12.7. The van der Waals surface area contributed by atoms with Crippen LogP contribution in [0, 0.1) is 11.6 Å². The van der Waals surface area contributed by atoms with Gasteiger partial charge in [-0.2, -0.15) is 13.2 Å². The normalized spacial score (nSPS) is 19.7. The third-order valence-electron chi connectivity index (χ3n) is 4.78. The van der Waals surface area contributed by atoms with Crippen molar-refractivity contribution in [2.24, 2.45) is 0 Å². The van der Waals surface area contributed by atoms with Crippen LogP contribution in [0.2, 0.25) is 0 Å². The molecule has 1 aromatic carbocycles. The molecule has 3 nitrogen and oxygen atoms in total. The quantitative estimate of drug-likeness (QED) is 0.365. The maximum absolute atomic E-state index is 15.2. The molecule has 1 aliphatic rings. The first-order valence-electron chi connectivity index (χ1n) is 8.57. The summed E-state index contributed by atoms with van der Waals surface area (Å²) < 4.78 is 94.4. The van der Waals surface area contributed by atoms with Crippen LogP contribution >= 0.6 is 0 Å². The molecule has 0 aliphatic carbocycles. The molecule has 28 heavy (non-hydrogen) atoms. The molecular weight excluding hydrogens is 389 g/mol. The fourth-order valence-corrected chi connectivity index (χ4v) is 2.54. The lowest BCUT2D eigenvalue weighted by molar-refractivity contribution is -0.173. The number of alkyl halides is 3. The molecule has 0 saturated carbocycles. The molecule has 0 atom stereocenters. The van der Waals surface area contributed by atoms with Gasteiger partial charge in [-0.05, 0) is 57.4 Å². The van der Waals surface area contributed by atoms with Gasteiger partial charge < -0.3 is 14.0 Å². The molecule has 0 amide bonds. The Labute approximate surface area is 159 Å². The van der Waals surface area contributed by atoms with Crippen molar-refractivity contribution in [3.63, 3.8) is 0 Å². The highest BCUT2D eigenvalue weighted by Crippen LogP contribution is 2.40. The van der Waals surface area contributed by atoms with Gasteiger partial charge in [0.1, 0.15) is 12.3 Å². The molecule has 0 radical (unpaired) electrons. The molecule has 156 valence electrons. The number of hydrogen-bond donors (Lipinski definition) is 0. The van der Waals surface area contributed by atoms with E-state index in [2.05, 4.69) is 4.74 Å². The Balaban J connectivity index is 2.31. The Kier molecular flexibility index (Phi) is 6.57. The summed E-state index contributed by atoms with van der Waals surface area (Å²) in [5.41, 5.74) is -2.87. The molecule has 0 bridgehead atoms. The van der Waals surface area contributed by atoms with E-state index >= 15 is 4.39 Å². The highest BCUT2D eigenvalue weighted by atomic mass is 19.4. The minimum atomic E-state index is -4.53. The van der Waals surface area contributed by atoms with Crippen LogP contribution in [0.3, 0.4) is 0 Å². The number of hydrogen-bond acceptors (Lipinski definition) is 3. The Bertz CT molecular complexity index is 729. The lowest BCUT2D eigenvalue weighted by Crippen LogP contribution is -2.41. The lowest BCUT2D eigenvalue weighted by atomic mass is 9.82. The van der Waals surface area contributed by atoms with Gasteiger partial charge in [0.2, 0.25) is 0 Å². The van der Waals surface area contributed by atoms with E-state index in [1.54, 1.807) is 27.7 Å². The Hall–Kier alpha value is -1.52. The van der Waals surface area contributed by atoms with Crippen LogP contribution in [0.15, 0.2) is 23.9 Å². The van der Waals surface area contributed by atoms with Crippen LogP contribution in [0.1, 0.15) is 39.7 Å². The summed E-state index contributed by atoms with van der Waals surface area (Å²) in [6, 6.07) is 2.69. The van der Waals surface area contributed by atoms with Gasteiger partial charge in [0.25, 0.3) is 0 Å². The van der Waals surface area contributed by atoms with Crippen molar-refractivity contribution in [3.05, 3.63) is 41.1 Å². The van der Waals surface area contributed by atoms with Crippen molar-refractivity contribution in [2.45, 2.75) is 51.5 Å². The number of halogens is 6. The van der Waals surface area contributed by atoms with Gasteiger partial charge in [0.05, 0.1) is 17.8 Å². The van der Waals surface area contributed by atoms with Crippen molar-refractivity contribution in [1.82, 2.24) is 0 Å². The van der Waals surface area contributed by atoms with Crippen molar-refractivity contribution in [3.8, 4) is 0 Å². The molecule has 10 heteroatoms. The summed E-state index contributed by atoms with van der Waals surface area (Å²) in [5.74, 6) is -2.35. The van der Waals surface area contributed by atoms with Crippen molar-refractivity contribution in [1.29, 1.82) is 0 Å². The highest BCUT2D eigenvalue weighted by molar-refractivity contribution is 6.55. The average Bonchev–Trinajstić information content (AvgIpc) is 2.77. The van der Waals surface area contributed by atoms with Gasteiger partial charge in [-0.25, -0.2) is 13.2 Å². The second-order valence-electron chi connectivity index (χ2n) is 7.46. The number of rotatable bonds is 6. The predicted octanol–water partition coefficient (Wildman–Crippen LogP) is 5.25. The van der Waals surface area contributed by atoms with Crippen molar-refractivity contribution >= 4 is 12.7 Å². The monoisotopic (exact) mass is 410 g/mol. The Morgan fingerprint density at radius 3 is 2.11 bits per heavy atom. The SMILES string of the molecule is CC1(C)OB(C(F)=C(CCOCC(F)(F)F)c2ccc(F)c(F)c2)OC1(C)C. The standard InChI is InChI=1S/C18H21BF6O3/c1-16(2)17(3,4)28-19(27-16)15(22)12(7-8-26-10-18(23,24)25)11-5-6-13(20)14(21)9-11/h5-6,9H,7-8,10H2,1-4H3. The molecule has 1 saturated heterocycles. The third kappa shape index (κ3) is 5.30. The van der Waals surface area contributed by atoms with Crippen LogP contribution in [0.4, 0.5) is 26.3 Å². The zero-order chi connectivity index (χ0) is 21.3. The van der Waals surface area contributed by atoms with Crippen LogP contribution < -0.4 is 0 Å². The average molecular weight is 410 g/mol. The maximum atomic E-state index is 15.2. The molecular formula is C18H21BF6O3. The van der Waals surface area contributed by atoms with E-state index in [-0.39, 0.29) is 17.6 Å². The van der Waals surface area contributed by atoms with Crippen LogP contribution in [0.25, 0.3) is 5.57 Å². The zero-order valence-corrected chi connectivity index (χ0v) is 15.9. The summed E-state index contributed by atoms with van der Waals surface area (Å²) in [5, 5.41) is 0. The van der Waals surface area contributed by atoms with Crippen LogP contribution in [-0.2, 0) is 14.0 Å². The summed E-state index contributed by atoms with van der Waals surface area (Å²) in [6.45, 7) is 4.80. The molecule has 1 heterocycles. The number of benzene rings is 1. The van der Waals surface area contributed by atoms with Gasteiger partial charge in [-0.15, -0.1) is 0 Å². The lowest BCUT2D eigenvalue weighted by Gasteiger charge is -2.32. The van der Waals surface area contributed by atoms with Gasteiger partial charge in [-0.1, -0.05) is 6.07 Å². The van der Waals surface area contributed by atoms with E-state index in [1.807, 2.05) is 0 Å². The fourth-order valence-electron chi connectivity index (χ4n) is 2.54. The molecule has 0 spiro atoms. The largest absolute Gasteiger partial charge is 0.525 e. The number of ether oxygens (including phenoxy) is 1. The third-order valence-corrected chi connectivity index (χ3v) is 4.78. The smallest absolute Gasteiger partial charge is 0.398 e. The Morgan fingerprint density at radius 2 is 1.61 bits per heavy atom. The second kappa shape index (κ2) is 8.08. The van der Waals surface area contributed by atoms with Gasteiger partial charge in [0, 0.05) is 0 Å². The summed E-state index contributed by atoms with van der Waals surface area (Å²) in [6.07, 6.45) is -4.85. The van der Waals surface area contributed by atoms with E-state index in [0.29, 0.717) is 0 Å². The predicted molar refractivity (Wildman–Crippen MR) is 92.0 cm³/mol. The highest BCUT2D eigenvalue weighted by Gasteiger charge is 2.53. The first kappa shape index (κ1) is 22.8. The first-order valence-corrected chi connectivity index (χ1v) is 8.57. The fraction of sp³-hybridized carbons (Fsp3) is 0.556. The van der Waals surface area contributed by atoms with E-state index in [9.17, 15) is 22.0 Å². The molecule has 0 unspecified atom stereocenters. The van der Waals surface area contributed by atoms with Crippen LogP contribution in [0.5, 0.6) is 0 Å². The van der Waals surface area contributed by atoms with Crippen molar-refractivity contribution < 1.29 is 40.4 Å². The zero-order valence-electron chi connectivity index (χ0n) is 15.9. The minimum absolute atomic E-state index is 0.0401. The van der Waals surface area contributed by atoms with Gasteiger partial charge >= 0.3 is 13.3 Å². The molecule has 2 rings (SSSR count). The molecule has 0 aromatic heterocycles. The van der Waals surface area contributed by atoms with Gasteiger partial charge in [0.15, 0.2) is 11.6 Å². The summed E-state index contributed by atoms with van der Waals surface area (Å²) >= 11 is 0.